The fourth-order valence-corrected chi connectivity index (χ4v) is 2.61. The van der Waals surface area contributed by atoms with Crippen LogP contribution in [-0.4, -0.2) is 23.2 Å². The van der Waals surface area contributed by atoms with E-state index >= 15 is 0 Å². The van der Waals surface area contributed by atoms with Crippen molar-refractivity contribution in [3.63, 3.8) is 0 Å². The lowest BCUT2D eigenvalue weighted by molar-refractivity contribution is -0.127. The molecule has 1 aromatic rings. The summed E-state index contributed by atoms with van der Waals surface area (Å²) in [6.07, 6.45) is 1.14. The number of halogens is 2. The highest BCUT2D eigenvalue weighted by Crippen LogP contribution is 2.24. The third-order valence-corrected chi connectivity index (χ3v) is 3.97. The van der Waals surface area contributed by atoms with E-state index < -0.39 is 11.9 Å². The van der Waals surface area contributed by atoms with Crippen molar-refractivity contribution in [2.45, 2.75) is 38.0 Å². The van der Waals surface area contributed by atoms with Gasteiger partial charge in [-0.15, -0.1) is 0 Å². The Morgan fingerprint density at radius 1 is 1.50 bits per heavy atom. The van der Waals surface area contributed by atoms with E-state index in [4.69, 9.17) is 17.3 Å². The van der Waals surface area contributed by atoms with Crippen LogP contribution >= 0.6 is 11.6 Å². The number of aliphatic hydroxyl groups is 1. The Morgan fingerprint density at radius 3 is 2.90 bits per heavy atom. The summed E-state index contributed by atoms with van der Waals surface area (Å²) in [6, 6.07) is 4.00. The third kappa shape index (κ3) is 3.69. The second-order valence-corrected chi connectivity index (χ2v) is 5.61. The zero-order valence-corrected chi connectivity index (χ0v) is 11.7. The predicted octanol–water partition coefficient (Wildman–Crippen LogP) is 1.58. The lowest BCUT2D eigenvalue weighted by Gasteiger charge is -2.30. The minimum absolute atomic E-state index is 0.0413. The van der Waals surface area contributed by atoms with Gasteiger partial charge in [-0.1, -0.05) is 17.7 Å². The molecule has 0 heterocycles. The van der Waals surface area contributed by atoms with Gasteiger partial charge in [-0.05, 0) is 37.0 Å². The van der Waals surface area contributed by atoms with Gasteiger partial charge in [0.05, 0.1) is 11.1 Å². The van der Waals surface area contributed by atoms with Gasteiger partial charge in [0, 0.05) is 18.5 Å². The number of nitrogens with two attached hydrogens (primary N) is 1. The molecule has 1 aliphatic rings. The summed E-state index contributed by atoms with van der Waals surface area (Å²) >= 11 is 5.68. The molecule has 0 radical (unpaired) electrons. The van der Waals surface area contributed by atoms with Crippen molar-refractivity contribution in [2.24, 2.45) is 11.7 Å². The molecule has 2 rings (SSSR count). The SMILES string of the molecule is N[C@@H]1C[C@@H](C(=O)NCc2ccc(F)c(Cl)c2)CC[C@H]1O. The Kier molecular flexibility index (Phi) is 4.96. The molecule has 4 N–H and O–H groups in total. The predicted molar refractivity (Wildman–Crippen MR) is 74.6 cm³/mol. The molecule has 4 nitrogen and oxygen atoms in total. The van der Waals surface area contributed by atoms with E-state index in [1.165, 1.54) is 12.1 Å². The van der Waals surface area contributed by atoms with Crippen molar-refractivity contribution in [3.8, 4) is 0 Å². The van der Waals surface area contributed by atoms with E-state index in [1.54, 1.807) is 6.07 Å². The molecule has 0 spiro atoms. The van der Waals surface area contributed by atoms with Crippen LogP contribution in [0.15, 0.2) is 18.2 Å². The highest BCUT2D eigenvalue weighted by atomic mass is 35.5. The molecular weight excluding hydrogens is 283 g/mol. The quantitative estimate of drug-likeness (QED) is 0.793. The van der Waals surface area contributed by atoms with E-state index in [0.29, 0.717) is 25.8 Å². The van der Waals surface area contributed by atoms with Crippen LogP contribution in [0.5, 0.6) is 0 Å². The summed E-state index contributed by atoms with van der Waals surface area (Å²) < 4.78 is 13.0. The van der Waals surface area contributed by atoms with Gasteiger partial charge in [0.2, 0.25) is 5.91 Å². The van der Waals surface area contributed by atoms with Crippen LogP contribution in [0, 0.1) is 11.7 Å². The summed E-state index contributed by atoms with van der Waals surface area (Å²) in [5.41, 5.74) is 6.50. The first-order valence-corrected chi connectivity index (χ1v) is 7.00. The number of hydrogen-bond acceptors (Lipinski definition) is 3. The average Bonchev–Trinajstić information content (AvgIpc) is 2.43. The molecule has 0 bridgehead atoms. The molecule has 0 unspecified atom stereocenters. The van der Waals surface area contributed by atoms with Gasteiger partial charge in [0.1, 0.15) is 5.82 Å². The summed E-state index contributed by atoms with van der Waals surface area (Å²) in [6.45, 7) is 0.299. The number of carbonyl (C=O) groups excluding carboxylic acids is 1. The maximum Gasteiger partial charge on any atom is 0.223 e. The Morgan fingerprint density at radius 2 is 2.25 bits per heavy atom. The molecule has 110 valence electrons. The van der Waals surface area contributed by atoms with Crippen molar-refractivity contribution >= 4 is 17.5 Å². The fourth-order valence-electron chi connectivity index (χ4n) is 2.41. The van der Waals surface area contributed by atoms with Crippen LogP contribution < -0.4 is 11.1 Å². The van der Waals surface area contributed by atoms with Crippen molar-refractivity contribution in [3.05, 3.63) is 34.6 Å². The third-order valence-electron chi connectivity index (χ3n) is 3.68. The standard InChI is InChI=1S/C14H18ClFN2O2/c15-10-5-8(1-3-11(10)16)7-18-14(20)9-2-4-13(19)12(17)6-9/h1,3,5,9,12-13,19H,2,4,6-7,17H2,(H,18,20)/t9-,12+,13+/m0/s1. The molecule has 1 aromatic carbocycles. The number of benzene rings is 1. The van der Waals surface area contributed by atoms with E-state index in [-0.39, 0.29) is 22.9 Å². The van der Waals surface area contributed by atoms with Gasteiger partial charge in [-0.2, -0.15) is 0 Å². The largest absolute Gasteiger partial charge is 0.392 e. The van der Waals surface area contributed by atoms with Gasteiger partial charge >= 0.3 is 0 Å². The second kappa shape index (κ2) is 6.52. The number of carbonyl (C=O) groups is 1. The van der Waals surface area contributed by atoms with Gasteiger partial charge < -0.3 is 16.2 Å². The molecule has 1 amide bonds. The van der Waals surface area contributed by atoms with E-state index in [9.17, 15) is 14.3 Å². The fraction of sp³-hybridized carbons (Fsp3) is 0.500. The number of rotatable bonds is 3. The highest BCUT2D eigenvalue weighted by molar-refractivity contribution is 6.30. The summed E-state index contributed by atoms with van der Waals surface area (Å²) in [5, 5.41) is 12.4. The van der Waals surface area contributed by atoms with Crippen LogP contribution in [0.4, 0.5) is 4.39 Å². The Hall–Kier alpha value is -1.17. The normalized spacial score (nSPS) is 26.3. The minimum Gasteiger partial charge on any atom is -0.392 e. The molecule has 3 atom stereocenters. The number of hydrogen-bond donors (Lipinski definition) is 3. The Bertz CT molecular complexity index is 498. The van der Waals surface area contributed by atoms with E-state index in [2.05, 4.69) is 5.32 Å². The first-order chi connectivity index (χ1) is 9.47. The molecule has 1 fully saturated rings. The molecule has 1 saturated carbocycles. The van der Waals surface area contributed by atoms with Crippen LogP contribution in [0.25, 0.3) is 0 Å². The average molecular weight is 301 g/mol. The molecule has 20 heavy (non-hydrogen) atoms. The molecule has 6 heteroatoms. The zero-order chi connectivity index (χ0) is 14.7. The highest BCUT2D eigenvalue weighted by Gasteiger charge is 2.30. The van der Waals surface area contributed by atoms with Crippen molar-refractivity contribution in [1.82, 2.24) is 5.32 Å². The summed E-state index contributed by atoms with van der Waals surface area (Å²) in [4.78, 5) is 12.0. The molecule has 0 aromatic heterocycles. The van der Waals surface area contributed by atoms with Crippen LogP contribution in [0.3, 0.4) is 0 Å². The second-order valence-electron chi connectivity index (χ2n) is 5.21. The lowest BCUT2D eigenvalue weighted by atomic mass is 9.83. The Labute approximate surface area is 122 Å². The van der Waals surface area contributed by atoms with Gasteiger partial charge in [-0.3, -0.25) is 4.79 Å². The zero-order valence-electron chi connectivity index (χ0n) is 11.0. The lowest BCUT2D eigenvalue weighted by Crippen LogP contribution is -2.44. The molecular formula is C14H18ClFN2O2. The Balaban J connectivity index is 1.87. The van der Waals surface area contributed by atoms with Gasteiger partial charge in [0.25, 0.3) is 0 Å². The number of nitrogens with one attached hydrogen (secondary N) is 1. The van der Waals surface area contributed by atoms with Crippen LogP contribution in [0.2, 0.25) is 5.02 Å². The van der Waals surface area contributed by atoms with Crippen molar-refractivity contribution < 1.29 is 14.3 Å². The topological polar surface area (TPSA) is 75.4 Å². The molecule has 0 saturated heterocycles. The molecule has 1 aliphatic carbocycles. The van der Waals surface area contributed by atoms with Crippen LogP contribution in [0.1, 0.15) is 24.8 Å². The van der Waals surface area contributed by atoms with Gasteiger partial charge in [0.15, 0.2) is 0 Å². The number of amides is 1. The minimum atomic E-state index is -0.519. The monoisotopic (exact) mass is 300 g/mol. The summed E-state index contributed by atoms with van der Waals surface area (Å²) in [7, 11) is 0. The summed E-state index contributed by atoms with van der Waals surface area (Å²) in [5.74, 6) is -0.744. The first-order valence-electron chi connectivity index (χ1n) is 6.62. The number of aliphatic hydroxyl groups excluding tert-OH is 1. The van der Waals surface area contributed by atoms with Gasteiger partial charge in [-0.25, -0.2) is 4.39 Å². The van der Waals surface area contributed by atoms with Crippen molar-refractivity contribution in [2.75, 3.05) is 0 Å². The maximum absolute atomic E-state index is 13.0. The van der Waals surface area contributed by atoms with Crippen molar-refractivity contribution in [1.29, 1.82) is 0 Å². The van der Waals surface area contributed by atoms with E-state index in [1.807, 2.05) is 0 Å². The smallest absolute Gasteiger partial charge is 0.223 e. The van der Waals surface area contributed by atoms with E-state index in [0.717, 1.165) is 5.56 Å². The first kappa shape index (κ1) is 15.2. The molecule has 0 aliphatic heterocycles. The maximum atomic E-state index is 13.0. The van der Waals surface area contributed by atoms with Crippen LogP contribution in [-0.2, 0) is 11.3 Å².